The van der Waals surface area contributed by atoms with Crippen LogP contribution in [0.15, 0.2) is 36.4 Å². The van der Waals surface area contributed by atoms with Gasteiger partial charge in [-0.05, 0) is 54.8 Å². The van der Waals surface area contributed by atoms with Gasteiger partial charge in [-0.3, -0.25) is 4.79 Å². The average molecular weight is 284 g/mol. The lowest BCUT2D eigenvalue weighted by Gasteiger charge is -2.12. The SMILES string of the molecule is COc1ccc(CNc2ccc(C(N)=O)cc2C)cc1C. The molecule has 0 spiro atoms. The highest BCUT2D eigenvalue weighted by Gasteiger charge is 2.05. The number of nitrogens with two attached hydrogens (primary N) is 1. The summed E-state index contributed by atoms with van der Waals surface area (Å²) in [6.45, 7) is 4.69. The Morgan fingerprint density at radius 2 is 1.90 bits per heavy atom. The van der Waals surface area contributed by atoms with Crippen LogP contribution in [0.2, 0.25) is 0 Å². The molecular weight excluding hydrogens is 264 g/mol. The Labute approximate surface area is 124 Å². The van der Waals surface area contributed by atoms with Crippen molar-refractivity contribution in [3.8, 4) is 5.75 Å². The zero-order valence-corrected chi connectivity index (χ0v) is 12.6. The molecule has 0 bridgehead atoms. The van der Waals surface area contributed by atoms with E-state index < -0.39 is 5.91 Å². The molecular formula is C17H20N2O2. The van der Waals surface area contributed by atoms with Crippen LogP contribution < -0.4 is 15.8 Å². The van der Waals surface area contributed by atoms with E-state index in [0.29, 0.717) is 12.1 Å². The van der Waals surface area contributed by atoms with E-state index in [4.69, 9.17) is 10.5 Å². The molecule has 4 nitrogen and oxygen atoms in total. The minimum atomic E-state index is -0.407. The topological polar surface area (TPSA) is 64.3 Å². The molecule has 0 aliphatic heterocycles. The summed E-state index contributed by atoms with van der Waals surface area (Å²) in [7, 11) is 1.67. The molecule has 0 radical (unpaired) electrons. The quantitative estimate of drug-likeness (QED) is 0.887. The Morgan fingerprint density at radius 3 is 2.48 bits per heavy atom. The first-order valence-corrected chi connectivity index (χ1v) is 6.79. The predicted octanol–water partition coefficient (Wildman–Crippen LogP) is 3.02. The first-order valence-electron chi connectivity index (χ1n) is 6.79. The molecule has 2 aromatic carbocycles. The van der Waals surface area contributed by atoms with Crippen molar-refractivity contribution in [2.75, 3.05) is 12.4 Å². The van der Waals surface area contributed by atoms with E-state index in [-0.39, 0.29) is 0 Å². The molecule has 4 heteroatoms. The molecule has 0 heterocycles. The fourth-order valence-corrected chi connectivity index (χ4v) is 2.26. The Hall–Kier alpha value is -2.49. The van der Waals surface area contributed by atoms with Gasteiger partial charge in [0.2, 0.25) is 5.91 Å². The number of carbonyl (C=O) groups is 1. The van der Waals surface area contributed by atoms with Crippen LogP contribution in [-0.2, 0) is 6.54 Å². The molecule has 110 valence electrons. The Bertz CT molecular complexity index is 666. The molecule has 0 fully saturated rings. The Morgan fingerprint density at radius 1 is 1.14 bits per heavy atom. The van der Waals surface area contributed by atoms with Gasteiger partial charge in [0.1, 0.15) is 5.75 Å². The average Bonchev–Trinajstić information content (AvgIpc) is 2.46. The zero-order valence-electron chi connectivity index (χ0n) is 12.6. The van der Waals surface area contributed by atoms with E-state index in [1.165, 1.54) is 5.56 Å². The summed E-state index contributed by atoms with van der Waals surface area (Å²) in [5.74, 6) is 0.483. The predicted molar refractivity (Wildman–Crippen MR) is 84.8 cm³/mol. The van der Waals surface area contributed by atoms with Crippen molar-refractivity contribution in [1.82, 2.24) is 0 Å². The third kappa shape index (κ3) is 3.54. The van der Waals surface area contributed by atoms with Crippen molar-refractivity contribution in [3.05, 3.63) is 58.7 Å². The number of hydrogen-bond acceptors (Lipinski definition) is 3. The van der Waals surface area contributed by atoms with Gasteiger partial charge >= 0.3 is 0 Å². The van der Waals surface area contributed by atoms with E-state index in [9.17, 15) is 4.79 Å². The highest BCUT2D eigenvalue weighted by molar-refractivity contribution is 5.93. The first kappa shape index (κ1) is 14.9. The maximum absolute atomic E-state index is 11.1. The van der Waals surface area contributed by atoms with Gasteiger partial charge in [0, 0.05) is 17.8 Å². The highest BCUT2D eigenvalue weighted by Crippen LogP contribution is 2.21. The first-order chi connectivity index (χ1) is 10.0. The summed E-state index contributed by atoms with van der Waals surface area (Å²) in [5.41, 5.74) is 10.1. The summed E-state index contributed by atoms with van der Waals surface area (Å²) < 4.78 is 5.25. The monoisotopic (exact) mass is 284 g/mol. The highest BCUT2D eigenvalue weighted by atomic mass is 16.5. The summed E-state index contributed by atoms with van der Waals surface area (Å²) in [5, 5.41) is 3.37. The van der Waals surface area contributed by atoms with Gasteiger partial charge in [0.25, 0.3) is 0 Å². The van der Waals surface area contributed by atoms with E-state index >= 15 is 0 Å². The second-order valence-corrected chi connectivity index (χ2v) is 5.05. The van der Waals surface area contributed by atoms with Gasteiger partial charge in [-0.1, -0.05) is 12.1 Å². The number of anilines is 1. The smallest absolute Gasteiger partial charge is 0.248 e. The van der Waals surface area contributed by atoms with E-state index in [1.807, 2.05) is 32.0 Å². The van der Waals surface area contributed by atoms with E-state index in [2.05, 4.69) is 11.4 Å². The minimum absolute atomic E-state index is 0.407. The number of nitrogens with one attached hydrogen (secondary N) is 1. The van der Waals surface area contributed by atoms with Gasteiger partial charge in [-0.15, -0.1) is 0 Å². The molecule has 1 amide bonds. The van der Waals surface area contributed by atoms with Crippen molar-refractivity contribution in [3.63, 3.8) is 0 Å². The number of aryl methyl sites for hydroxylation is 2. The molecule has 0 saturated heterocycles. The lowest BCUT2D eigenvalue weighted by Crippen LogP contribution is -2.11. The number of hydrogen-bond donors (Lipinski definition) is 2. The van der Waals surface area contributed by atoms with Crippen molar-refractivity contribution in [2.45, 2.75) is 20.4 Å². The standard InChI is InChI=1S/C17H20N2O2/c1-11-9-14(17(18)20)5-6-15(11)19-10-13-4-7-16(21-3)12(2)8-13/h4-9,19H,10H2,1-3H3,(H2,18,20). The van der Waals surface area contributed by atoms with Crippen LogP contribution in [0, 0.1) is 13.8 Å². The van der Waals surface area contributed by atoms with Gasteiger partial charge < -0.3 is 15.8 Å². The fraction of sp³-hybridized carbons (Fsp3) is 0.235. The van der Waals surface area contributed by atoms with Crippen molar-refractivity contribution >= 4 is 11.6 Å². The van der Waals surface area contributed by atoms with Crippen LogP contribution in [-0.4, -0.2) is 13.0 Å². The molecule has 0 aromatic heterocycles. The molecule has 0 saturated carbocycles. The number of carbonyl (C=O) groups excluding carboxylic acids is 1. The third-order valence-electron chi connectivity index (χ3n) is 3.45. The molecule has 2 aromatic rings. The zero-order chi connectivity index (χ0) is 15.4. The van der Waals surface area contributed by atoms with Crippen molar-refractivity contribution in [1.29, 1.82) is 0 Å². The summed E-state index contributed by atoms with van der Waals surface area (Å²) in [6.07, 6.45) is 0. The summed E-state index contributed by atoms with van der Waals surface area (Å²) in [6, 6.07) is 11.5. The number of primary amides is 1. The number of amides is 1. The lowest BCUT2D eigenvalue weighted by molar-refractivity contribution is 0.1000. The number of ether oxygens (including phenoxy) is 1. The lowest BCUT2D eigenvalue weighted by atomic mass is 10.1. The molecule has 0 unspecified atom stereocenters. The third-order valence-corrected chi connectivity index (χ3v) is 3.45. The summed E-state index contributed by atoms with van der Waals surface area (Å²) >= 11 is 0. The van der Waals surface area contributed by atoms with Gasteiger partial charge in [0.05, 0.1) is 7.11 Å². The summed E-state index contributed by atoms with van der Waals surface area (Å²) in [4.78, 5) is 11.1. The number of benzene rings is 2. The number of rotatable bonds is 5. The largest absolute Gasteiger partial charge is 0.496 e. The maximum Gasteiger partial charge on any atom is 0.248 e. The Kier molecular flexibility index (Phi) is 4.48. The molecule has 21 heavy (non-hydrogen) atoms. The van der Waals surface area contributed by atoms with Crippen LogP contribution in [0.25, 0.3) is 0 Å². The van der Waals surface area contributed by atoms with E-state index in [0.717, 1.165) is 22.6 Å². The number of methoxy groups -OCH3 is 1. The molecule has 3 N–H and O–H groups in total. The van der Waals surface area contributed by atoms with Crippen LogP contribution in [0.3, 0.4) is 0 Å². The van der Waals surface area contributed by atoms with Crippen LogP contribution in [0.1, 0.15) is 27.0 Å². The van der Waals surface area contributed by atoms with Gasteiger partial charge in [-0.2, -0.15) is 0 Å². The molecule has 0 aliphatic carbocycles. The second-order valence-electron chi connectivity index (χ2n) is 5.05. The molecule has 2 rings (SSSR count). The van der Waals surface area contributed by atoms with Crippen LogP contribution in [0.4, 0.5) is 5.69 Å². The van der Waals surface area contributed by atoms with Crippen molar-refractivity contribution < 1.29 is 9.53 Å². The molecule has 0 aliphatic rings. The van der Waals surface area contributed by atoms with Crippen molar-refractivity contribution in [2.24, 2.45) is 5.73 Å². The van der Waals surface area contributed by atoms with Crippen LogP contribution in [0.5, 0.6) is 5.75 Å². The fourth-order valence-electron chi connectivity index (χ4n) is 2.26. The second kappa shape index (κ2) is 6.31. The maximum atomic E-state index is 11.1. The van der Waals surface area contributed by atoms with Gasteiger partial charge in [0.15, 0.2) is 0 Å². The normalized spacial score (nSPS) is 10.2. The van der Waals surface area contributed by atoms with Crippen LogP contribution >= 0.6 is 0 Å². The molecule has 0 atom stereocenters. The van der Waals surface area contributed by atoms with E-state index in [1.54, 1.807) is 19.2 Å². The van der Waals surface area contributed by atoms with Gasteiger partial charge in [-0.25, -0.2) is 0 Å². The Balaban J connectivity index is 2.09. The minimum Gasteiger partial charge on any atom is -0.496 e.